The van der Waals surface area contributed by atoms with Crippen LogP contribution in [-0.2, 0) is 4.74 Å². The van der Waals surface area contributed by atoms with Gasteiger partial charge in [0.05, 0.1) is 19.8 Å². The van der Waals surface area contributed by atoms with Crippen molar-refractivity contribution in [2.45, 2.75) is 26.4 Å². The second-order valence-corrected chi connectivity index (χ2v) is 5.16. The van der Waals surface area contributed by atoms with E-state index in [4.69, 9.17) is 14.2 Å². The Morgan fingerprint density at radius 2 is 1.90 bits per heavy atom. The lowest BCUT2D eigenvalue weighted by Crippen LogP contribution is -2.27. The molecule has 0 atom stereocenters. The van der Waals surface area contributed by atoms with E-state index in [2.05, 4.69) is 5.32 Å². The molecule has 0 unspecified atom stereocenters. The Balaban J connectivity index is 3.28. The van der Waals surface area contributed by atoms with Gasteiger partial charge in [-0.3, -0.25) is 10.1 Å². The zero-order valence-electron chi connectivity index (χ0n) is 12.6. The number of amides is 1. The highest BCUT2D eigenvalue weighted by Gasteiger charge is 2.23. The summed E-state index contributed by atoms with van der Waals surface area (Å²) in [6, 6.07) is 1.23. The van der Waals surface area contributed by atoms with Gasteiger partial charge in [-0.1, -0.05) is 0 Å². The van der Waals surface area contributed by atoms with Crippen LogP contribution in [0.1, 0.15) is 31.1 Å². The third kappa shape index (κ3) is 4.01. The van der Waals surface area contributed by atoms with Gasteiger partial charge in [-0.15, -0.1) is 0 Å². The zero-order chi connectivity index (χ0) is 16.2. The number of methoxy groups -OCH3 is 2. The van der Waals surface area contributed by atoms with Crippen LogP contribution in [0.25, 0.3) is 0 Å². The van der Waals surface area contributed by atoms with Crippen LogP contribution in [0.2, 0.25) is 0 Å². The summed E-state index contributed by atoms with van der Waals surface area (Å²) in [5.41, 5.74) is -0.850. The van der Waals surface area contributed by atoms with Crippen LogP contribution in [0.15, 0.2) is 6.07 Å². The molecule has 0 aliphatic heterocycles. The summed E-state index contributed by atoms with van der Waals surface area (Å²) in [7, 11) is 2.72. The monoisotopic (exact) mass is 297 g/mol. The quantitative estimate of drug-likeness (QED) is 0.829. The summed E-state index contributed by atoms with van der Waals surface area (Å²) in [6.07, 6.45) is -0.374. The maximum absolute atomic E-state index is 11.8. The predicted molar refractivity (Wildman–Crippen MR) is 76.5 cm³/mol. The van der Waals surface area contributed by atoms with Crippen molar-refractivity contribution in [1.29, 1.82) is 0 Å². The van der Waals surface area contributed by atoms with Crippen LogP contribution in [0.5, 0.6) is 17.2 Å². The molecule has 0 saturated heterocycles. The van der Waals surface area contributed by atoms with Gasteiger partial charge < -0.3 is 19.3 Å². The fraction of sp³-hybridized carbons (Fsp3) is 0.429. The number of aldehydes is 1. The normalized spacial score (nSPS) is 10.7. The zero-order valence-corrected chi connectivity index (χ0v) is 12.6. The molecule has 1 aromatic carbocycles. The molecule has 2 N–H and O–H groups in total. The van der Waals surface area contributed by atoms with E-state index in [1.54, 1.807) is 20.8 Å². The van der Waals surface area contributed by atoms with Gasteiger partial charge in [0.2, 0.25) is 0 Å². The van der Waals surface area contributed by atoms with Gasteiger partial charge >= 0.3 is 6.09 Å². The Morgan fingerprint density at radius 1 is 1.29 bits per heavy atom. The summed E-state index contributed by atoms with van der Waals surface area (Å²) < 4.78 is 15.3. The summed E-state index contributed by atoms with van der Waals surface area (Å²) in [4.78, 5) is 23.0. The molecule has 7 heteroatoms. The van der Waals surface area contributed by atoms with E-state index in [0.717, 1.165) is 0 Å². The molecule has 116 valence electrons. The second-order valence-electron chi connectivity index (χ2n) is 5.16. The minimum atomic E-state index is -0.781. The number of rotatable bonds is 4. The first-order valence-electron chi connectivity index (χ1n) is 6.16. The number of hydrogen-bond donors (Lipinski definition) is 2. The first-order chi connectivity index (χ1) is 9.73. The lowest BCUT2D eigenvalue weighted by Gasteiger charge is -2.21. The maximum Gasteiger partial charge on any atom is 0.412 e. The Kier molecular flexibility index (Phi) is 5.02. The lowest BCUT2D eigenvalue weighted by molar-refractivity contribution is 0.0635. The molecule has 1 amide bonds. The first-order valence-corrected chi connectivity index (χ1v) is 6.16. The molecule has 0 fully saturated rings. The third-order valence-corrected chi connectivity index (χ3v) is 2.43. The Hall–Kier alpha value is -2.44. The molecule has 0 radical (unpaired) electrons. The van der Waals surface area contributed by atoms with Crippen molar-refractivity contribution < 1.29 is 28.9 Å². The van der Waals surface area contributed by atoms with Crippen molar-refractivity contribution in [2.75, 3.05) is 19.5 Å². The van der Waals surface area contributed by atoms with Gasteiger partial charge in [0, 0.05) is 6.07 Å². The lowest BCUT2D eigenvalue weighted by atomic mass is 10.1. The minimum absolute atomic E-state index is 0.0152. The molecule has 0 aromatic heterocycles. The van der Waals surface area contributed by atoms with Crippen LogP contribution in [0.4, 0.5) is 10.5 Å². The van der Waals surface area contributed by atoms with Crippen LogP contribution in [0, 0.1) is 0 Å². The van der Waals surface area contributed by atoms with Crippen molar-refractivity contribution in [3.63, 3.8) is 0 Å². The molecule has 0 aliphatic rings. The number of anilines is 1. The molecule has 0 bridgehead atoms. The molecule has 21 heavy (non-hydrogen) atoms. The number of carbonyl (C=O) groups excluding carboxylic acids is 2. The van der Waals surface area contributed by atoms with Crippen molar-refractivity contribution >= 4 is 18.1 Å². The van der Waals surface area contributed by atoms with Gasteiger partial charge in [-0.05, 0) is 20.8 Å². The Bertz CT molecular complexity index is 547. The van der Waals surface area contributed by atoms with Gasteiger partial charge in [0.25, 0.3) is 0 Å². The summed E-state index contributed by atoms with van der Waals surface area (Å²) >= 11 is 0. The fourth-order valence-electron chi connectivity index (χ4n) is 1.64. The molecular formula is C14H19NO6. The average molecular weight is 297 g/mol. The number of hydrogen-bond acceptors (Lipinski definition) is 6. The van der Waals surface area contributed by atoms with E-state index in [0.29, 0.717) is 6.29 Å². The SMILES string of the molecule is COc1cc(O)c(C=O)c(NC(=O)OC(C)(C)C)c1OC. The van der Waals surface area contributed by atoms with Crippen molar-refractivity contribution in [3.8, 4) is 17.2 Å². The van der Waals surface area contributed by atoms with Crippen molar-refractivity contribution in [1.82, 2.24) is 0 Å². The number of benzene rings is 1. The van der Waals surface area contributed by atoms with Gasteiger partial charge in [0.1, 0.15) is 17.0 Å². The third-order valence-electron chi connectivity index (χ3n) is 2.43. The average Bonchev–Trinajstić information content (AvgIpc) is 2.36. The summed E-state index contributed by atoms with van der Waals surface area (Å²) in [5.74, 6) is -0.0522. The highest BCUT2D eigenvalue weighted by Crippen LogP contribution is 2.42. The number of ether oxygens (including phenoxy) is 3. The number of nitrogens with one attached hydrogen (secondary N) is 1. The Morgan fingerprint density at radius 3 is 2.33 bits per heavy atom. The number of aromatic hydroxyl groups is 1. The standard InChI is InChI=1S/C14H19NO6/c1-14(2,3)21-13(18)15-11-8(7-16)9(17)6-10(19-4)12(11)20-5/h6-7,17H,1-5H3,(H,15,18). The summed E-state index contributed by atoms with van der Waals surface area (Å²) in [5, 5.41) is 12.2. The number of carbonyl (C=O) groups is 2. The number of phenols is 1. The molecular weight excluding hydrogens is 278 g/mol. The van der Waals surface area contributed by atoms with Gasteiger partial charge in [0.15, 0.2) is 17.8 Å². The van der Waals surface area contributed by atoms with E-state index in [1.165, 1.54) is 20.3 Å². The molecule has 0 heterocycles. The van der Waals surface area contributed by atoms with Crippen LogP contribution in [0.3, 0.4) is 0 Å². The topological polar surface area (TPSA) is 94.1 Å². The van der Waals surface area contributed by atoms with Crippen LogP contribution >= 0.6 is 0 Å². The molecule has 0 aliphatic carbocycles. The predicted octanol–water partition coefficient (Wildman–Crippen LogP) is 2.57. The van der Waals surface area contributed by atoms with E-state index in [9.17, 15) is 14.7 Å². The highest BCUT2D eigenvalue weighted by molar-refractivity contribution is 5.99. The smallest absolute Gasteiger partial charge is 0.412 e. The second kappa shape index (κ2) is 6.34. The number of phenolic OH excluding ortho intramolecular Hbond substituents is 1. The van der Waals surface area contributed by atoms with Gasteiger partial charge in [-0.2, -0.15) is 0 Å². The molecule has 7 nitrogen and oxygen atoms in total. The van der Waals surface area contributed by atoms with E-state index in [-0.39, 0.29) is 28.5 Å². The van der Waals surface area contributed by atoms with Gasteiger partial charge in [-0.25, -0.2) is 4.79 Å². The maximum atomic E-state index is 11.8. The van der Waals surface area contributed by atoms with E-state index >= 15 is 0 Å². The Labute approximate surface area is 122 Å². The van der Waals surface area contributed by atoms with Crippen LogP contribution < -0.4 is 14.8 Å². The minimum Gasteiger partial charge on any atom is -0.507 e. The molecule has 0 spiro atoms. The molecule has 1 aromatic rings. The van der Waals surface area contributed by atoms with E-state index < -0.39 is 11.7 Å². The molecule has 1 rings (SSSR count). The summed E-state index contributed by atoms with van der Waals surface area (Å²) in [6.45, 7) is 5.11. The fourth-order valence-corrected chi connectivity index (χ4v) is 1.64. The largest absolute Gasteiger partial charge is 0.507 e. The van der Waals surface area contributed by atoms with Crippen LogP contribution in [-0.4, -0.2) is 37.3 Å². The van der Waals surface area contributed by atoms with E-state index in [1.807, 2.05) is 0 Å². The first kappa shape index (κ1) is 16.6. The van der Waals surface area contributed by atoms with Crippen molar-refractivity contribution in [2.24, 2.45) is 0 Å². The van der Waals surface area contributed by atoms with Crippen molar-refractivity contribution in [3.05, 3.63) is 11.6 Å². The molecule has 0 saturated carbocycles. The highest BCUT2D eigenvalue weighted by atomic mass is 16.6.